The van der Waals surface area contributed by atoms with Crippen molar-refractivity contribution in [3.63, 3.8) is 0 Å². The molecule has 1 aliphatic rings. The molecule has 7 nitrogen and oxygen atoms in total. The molecule has 0 spiro atoms. The average molecular weight is 439 g/mol. The Morgan fingerprint density at radius 2 is 1.87 bits per heavy atom. The first-order chi connectivity index (χ1) is 14.4. The van der Waals surface area contributed by atoms with Crippen molar-refractivity contribution in [2.75, 3.05) is 20.3 Å². The van der Waals surface area contributed by atoms with E-state index in [0.717, 1.165) is 16.9 Å². The van der Waals surface area contributed by atoms with Gasteiger partial charge >= 0.3 is 0 Å². The summed E-state index contributed by atoms with van der Waals surface area (Å²) in [5.74, 6) is -0.928. The average Bonchev–Trinajstić information content (AvgIpc) is 3.02. The molecule has 0 amide bonds. The lowest BCUT2D eigenvalue weighted by Gasteiger charge is -2.31. The Kier molecular flexibility index (Phi) is 7.36. The van der Waals surface area contributed by atoms with Crippen LogP contribution < -0.4 is 4.74 Å². The molecule has 8 heteroatoms. The zero-order valence-electron chi connectivity index (χ0n) is 16.9. The second kappa shape index (κ2) is 9.62. The highest BCUT2D eigenvalue weighted by Gasteiger charge is 2.57. The Morgan fingerprint density at radius 1 is 1.17 bits per heavy atom. The van der Waals surface area contributed by atoms with Gasteiger partial charge in [0.05, 0.1) is 13.2 Å². The quantitative estimate of drug-likeness (QED) is 0.495. The van der Waals surface area contributed by atoms with Gasteiger partial charge in [0.15, 0.2) is 0 Å². The monoisotopic (exact) mass is 438 g/mol. The van der Waals surface area contributed by atoms with Gasteiger partial charge in [-0.25, -0.2) is 0 Å². The first kappa shape index (κ1) is 23.0. The summed E-state index contributed by atoms with van der Waals surface area (Å²) in [6, 6.07) is 12.7. The maximum absolute atomic E-state index is 10.7. The molecule has 0 aromatic heterocycles. The summed E-state index contributed by atoms with van der Waals surface area (Å²) in [7, 11) is 1.34. The fourth-order valence-electron chi connectivity index (χ4n) is 3.70. The van der Waals surface area contributed by atoms with Crippen molar-refractivity contribution in [3.8, 4) is 5.75 Å². The van der Waals surface area contributed by atoms with E-state index < -0.39 is 36.8 Å². The minimum absolute atomic E-state index is 0.439. The van der Waals surface area contributed by atoms with Crippen LogP contribution in [0.25, 0.3) is 0 Å². The summed E-state index contributed by atoms with van der Waals surface area (Å²) < 4.78 is 16.7. The van der Waals surface area contributed by atoms with E-state index in [9.17, 15) is 20.4 Å². The lowest BCUT2D eigenvalue weighted by molar-refractivity contribution is -0.263. The number of ether oxygens (including phenoxy) is 3. The number of hydrogen-bond donors (Lipinski definition) is 4. The summed E-state index contributed by atoms with van der Waals surface area (Å²) >= 11 is 6.40. The molecule has 1 fully saturated rings. The minimum Gasteiger partial charge on any atom is -0.494 e. The van der Waals surface area contributed by atoms with Gasteiger partial charge in [0.1, 0.15) is 30.2 Å². The van der Waals surface area contributed by atoms with Crippen LogP contribution in [0.15, 0.2) is 42.5 Å². The van der Waals surface area contributed by atoms with Crippen LogP contribution in [-0.2, 0) is 21.7 Å². The number of rotatable bonds is 8. The van der Waals surface area contributed by atoms with Gasteiger partial charge in [-0.1, -0.05) is 29.8 Å². The summed E-state index contributed by atoms with van der Waals surface area (Å²) in [5.41, 5.74) is 2.21. The van der Waals surface area contributed by atoms with Crippen LogP contribution in [0.5, 0.6) is 5.75 Å². The lowest BCUT2D eigenvalue weighted by Crippen LogP contribution is -2.43. The Bertz CT molecular complexity index is 844. The molecule has 2 aromatic rings. The van der Waals surface area contributed by atoms with Gasteiger partial charge in [-0.3, -0.25) is 0 Å². The number of benzene rings is 2. The topological polar surface area (TPSA) is 109 Å². The second-order valence-corrected chi connectivity index (χ2v) is 7.61. The summed E-state index contributed by atoms with van der Waals surface area (Å²) in [4.78, 5) is 0. The van der Waals surface area contributed by atoms with Crippen LogP contribution in [0.4, 0.5) is 0 Å². The molecule has 3 rings (SSSR count). The van der Waals surface area contributed by atoms with Crippen molar-refractivity contribution in [2.45, 2.75) is 43.5 Å². The van der Waals surface area contributed by atoms with Crippen molar-refractivity contribution in [3.05, 3.63) is 64.2 Å². The first-order valence-corrected chi connectivity index (χ1v) is 10.1. The van der Waals surface area contributed by atoms with Gasteiger partial charge < -0.3 is 34.6 Å². The van der Waals surface area contributed by atoms with Crippen molar-refractivity contribution in [2.24, 2.45) is 0 Å². The van der Waals surface area contributed by atoms with Crippen LogP contribution in [0.3, 0.4) is 0 Å². The number of aliphatic hydroxyl groups excluding tert-OH is 4. The molecular weight excluding hydrogens is 412 g/mol. The van der Waals surface area contributed by atoms with Gasteiger partial charge in [-0.05, 0) is 48.7 Å². The van der Waals surface area contributed by atoms with Gasteiger partial charge in [0, 0.05) is 17.7 Å². The van der Waals surface area contributed by atoms with Crippen LogP contribution in [0, 0.1) is 0 Å². The van der Waals surface area contributed by atoms with Crippen LogP contribution in [-0.4, -0.2) is 65.2 Å². The zero-order chi connectivity index (χ0) is 21.9. The van der Waals surface area contributed by atoms with Gasteiger partial charge in [-0.2, -0.15) is 0 Å². The number of methoxy groups -OCH3 is 1. The Balaban J connectivity index is 1.91. The molecule has 1 aliphatic heterocycles. The van der Waals surface area contributed by atoms with Crippen molar-refractivity contribution >= 4 is 11.6 Å². The molecule has 164 valence electrons. The largest absolute Gasteiger partial charge is 0.494 e. The molecule has 30 heavy (non-hydrogen) atoms. The van der Waals surface area contributed by atoms with Crippen molar-refractivity contribution < 1.29 is 34.6 Å². The zero-order valence-corrected chi connectivity index (χ0v) is 17.6. The van der Waals surface area contributed by atoms with Crippen LogP contribution >= 0.6 is 11.6 Å². The Morgan fingerprint density at radius 3 is 2.47 bits per heavy atom. The number of halogens is 1. The van der Waals surface area contributed by atoms with E-state index in [2.05, 4.69) is 0 Å². The molecule has 1 heterocycles. The highest BCUT2D eigenvalue weighted by molar-refractivity contribution is 6.31. The maximum Gasteiger partial charge on any atom is 0.224 e. The molecule has 1 unspecified atom stereocenters. The van der Waals surface area contributed by atoms with Crippen molar-refractivity contribution in [1.29, 1.82) is 0 Å². The van der Waals surface area contributed by atoms with Crippen molar-refractivity contribution in [1.82, 2.24) is 0 Å². The second-order valence-electron chi connectivity index (χ2n) is 7.20. The molecule has 0 aliphatic carbocycles. The van der Waals surface area contributed by atoms with Gasteiger partial charge in [0.25, 0.3) is 0 Å². The summed E-state index contributed by atoms with van der Waals surface area (Å²) in [5, 5.41) is 40.7. The molecule has 2 aromatic carbocycles. The van der Waals surface area contributed by atoms with Gasteiger partial charge in [-0.15, -0.1) is 0 Å². The maximum atomic E-state index is 10.7. The summed E-state index contributed by atoms with van der Waals surface area (Å²) in [6.07, 6.45) is -5.00. The third kappa shape index (κ3) is 4.33. The molecule has 0 bridgehead atoms. The highest BCUT2D eigenvalue weighted by Crippen LogP contribution is 2.42. The van der Waals surface area contributed by atoms with Crippen LogP contribution in [0.2, 0.25) is 5.02 Å². The normalized spacial score (nSPS) is 27.2. The lowest BCUT2D eigenvalue weighted by atomic mass is 9.94. The fourth-order valence-corrected chi connectivity index (χ4v) is 3.88. The van der Waals surface area contributed by atoms with Crippen LogP contribution in [0.1, 0.15) is 23.6 Å². The first-order valence-electron chi connectivity index (χ1n) is 9.75. The molecule has 1 saturated heterocycles. The van der Waals surface area contributed by atoms with E-state index in [1.165, 1.54) is 7.11 Å². The third-order valence-corrected chi connectivity index (χ3v) is 5.68. The van der Waals surface area contributed by atoms with E-state index in [0.29, 0.717) is 23.6 Å². The molecule has 0 radical (unpaired) electrons. The standard InChI is InChI=1S/C22H27ClO7/c1-3-29-16-7-4-13(5-8-16)10-14-11-15(6-9-17(14)23)22(28-2)21(27)19(26)20(30-22)18(25)12-24/h4-9,11,18-21,24-27H,3,10,12H2,1-2H3/t18-,19-,20+,21+,22?/m0/s1. The van der Waals surface area contributed by atoms with Gasteiger partial charge in [0.2, 0.25) is 5.79 Å². The SMILES string of the molecule is CCOc1ccc(Cc2cc(C3(OC)O[C@H]([C@@H](O)CO)[C@H](O)[C@H]3O)ccc2Cl)cc1. The molecule has 0 saturated carbocycles. The smallest absolute Gasteiger partial charge is 0.224 e. The molecular formula is C22H27ClO7. The van der Waals surface area contributed by atoms with E-state index >= 15 is 0 Å². The molecule has 4 N–H and O–H groups in total. The van der Waals surface area contributed by atoms with E-state index in [4.69, 9.17) is 25.8 Å². The summed E-state index contributed by atoms with van der Waals surface area (Å²) in [6.45, 7) is 1.88. The third-order valence-electron chi connectivity index (χ3n) is 5.31. The predicted molar refractivity (Wildman–Crippen MR) is 111 cm³/mol. The van der Waals surface area contributed by atoms with E-state index in [1.54, 1.807) is 18.2 Å². The van der Waals surface area contributed by atoms with E-state index in [1.807, 2.05) is 31.2 Å². The Labute approximate surface area is 180 Å². The molecule has 5 atom stereocenters. The predicted octanol–water partition coefficient (Wildman–Crippen LogP) is 1.60. The minimum atomic E-state index is -1.71. The number of aliphatic hydroxyl groups is 4. The Hall–Kier alpha value is -1.71. The highest BCUT2D eigenvalue weighted by atomic mass is 35.5. The number of hydrogen-bond acceptors (Lipinski definition) is 7. The van der Waals surface area contributed by atoms with E-state index in [-0.39, 0.29) is 0 Å². The fraction of sp³-hybridized carbons (Fsp3) is 0.455.